The van der Waals surface area contributed by atoms with Crippen molar-refractivity contribution in [3.63, 3.8) is 0 Å². The summed E-state index contributed by atoms with van der Waals surface area (Å²) in [4.78, 5) is 12.0. The normalized spacial score (nSPS) is 10.4. The quantitative estimate of drug-likeness (QED) is 0.655. The Labute approximate surface area is 113 Å². The maximum absolute atomic E-state index is 13.5. The van der Waals surface area contributed by atoms with Gasteiger partial charge in [0, 0.05) is 23.4 Å². The van der Waals surface area contributed by atoms with E-state index < -0.39 is 29.0 Å². The standard InChI is InChI=1S/C14H11F3N2O/c1-7-2-3-9(18)6-10(7)14(20)19-12-5-8(15)4-11(16)13(12)17/h2-6H,18H2,1H3,(H,19,20). The van der Waals surface area contributed by atoms with Crippen LogP contribution in [0, 0.1) is 24.4 Å². The molecule has 3 N–H and O–H groups in total. The SMILES string of the molecule is Cc1ccc(N)cc1C(=O)Nc1cc(F)cc(F)c1F. The van der Waals surface area contributed by atoms with Crippen LogP contribution in [0.3, 0.4) is 0 Å². The van der Waals surface area contributed by atoms with Gasteiger partial charge in [-0.15, -0.1) is 0 Å². The van der Waals surface area contributed by atoms with Crippen molar-refractivity contribution in [2.75, 3.05) is 11.1 Å². The third-order valence-electron chi connectivity index (χ3n) is 2.75. The highest BCUT2D eigenvalue weighted by Gasteiger charge is 2.16. The van der Waals surface area contributed by atoms with E-state index in [1.165, 1.54) is 6.07 Å². The third kappa shape index (κ3) is 2.74. The molecule has 2 aromatic rings. The summed E-state index contributed by atoms with van der Waals surface area (Å²) in [6.45, 7) is 1.66. The first-order chi connectivity index (χ1) is 9.38. The molecule has 0 aromatic heterocycles. The molecular weight excluding hydrogens is 269 g/mol. The molecule has 6 heteroatoms. The molecular formula is C14H11F3N2O. The zero-order chi connectivity index (χ0) is 14.9. The van der Waals surface area contributed by atoms with Crippen molar-refractivity contribution in [2.45, 2.75) is 6.92 Å². The van der Waals surface area contributed by atoms with Crippen LogP contribution < -0.4 is 11.1 Å². The zero-order valence-corrected chi connectivity index (χ0v) is 10.5. The summed E-state index contributed by atoms with van der Waals surface area (Å²) < 4.78 is 39.5. The Morgan fingerprint density at radius 2 is 1.85 bits per heavy atom. The van der Waals surface area contributed by atoms with E-state index >= 15 is 0 Å². The number of halogens is 3. The molecule has 2 aromatic carbocycles. The second-order valence-corrected chi connectivity index (χ2v) is 4.28. The number of rotatable bonds is 2. The molecule has 0 saturated carbocycles. The summed E-state index contributed by atoms with van der Waals surface area (Å²) in [6, 6.07) is 5.73. The Kier molecular flexibility index (Phi) is 3.65. The van der Waals surface area contributed by atoms with Gasteiger partial charge in [-0.05, 0) is 24.6 Å². The largest absolute Gasteiger partial charge is 0.399 e. The number of nitrogens with one attached hydrogen (secondary N) is 1. The molecule has 0 aliphatic rings. The van der Waals surface area contributed by atoms with Crippen molar-refractivity contribution < 1.29 is 18.0 Å². The van der Waals surface area contributed by atoms with Crippen LogP contribution in [0.15, 0.2) is 30.3 Å². The number of nitrogen functional groups attached to an aromatic ring is 1. The summed E-state index contributed by atoms with van der Waals surface area (Å²) >= 11 is 0. The van der Waals surface area contributed by atoms with Gasteiger partial charge in [-0.1, -0.05) is 6.07 Å². The molecule has 0 fully saturated rings. The van der Waals surface area contributed by atoms with Crippen LogP contribution in [-0.2, 0) is 0 Å². The van der Waals surface area contributed by atoms with Crippen LogP contribution in [-0.4, -0.2) is 5.91 Å². The van der Waals surface area contributed by atoms with Crippen LogP contribution in [0.25, 0.3) is 0 Å². The molecule has 0 aliphatic carbocycles. The van der Waals surface area contributed by atoms with Gasteiger partial charge in [0.2, 0.25) is 0 Å². The topological polar surface area (TPSA) is 55.1 Å². The monoisotopic (exact) mass is 280 g/mol. The highest BCUT2D eigenvalue weighted by molar-refractivity contribution is 6.05. The lowest BCUT2D eigenvalue weighted by Gasteiger charge is -2.09. The number of aryl methyl sites for hydroxylation is 1. The van der Waals surface area contributed by atoms with Crippen molar-refractivity contribution in [3.8, 4) is 0 Å². The minimum atomic E-state index is -1.37. The van der Waals surface area contributed by atoms with Crippen LogP contribution in [0.4, 0.5) is 24.5 Å². The molecule has 2 rings (SSSR count). The van der Waals surface area contributed by atoms with Gasteiger partial charge in [0.1, 0.15) is 5.82 Å². The zero-order valence-electron chi connectivity index (χ0n) is 10.5. The van der Waals surface area contributed by atoms with Gasteiger partial charge in [-0.2, -0.15) is 0 Å². The van der Waals surface area contributed by atoms with E-state index in [2.05, 4.69) is 5.32 Å². The summed E-state index contributed by atoms with van der Waals surface area (Å²) in [5.74, 6) is -4.37. The molecule has 0 spiro atoms. The fourth-order valence-corrected chi connectivity index (χ4v) is 1.72. The number of carbonyl (C=O) groups excluding carboxylic acids is 1. The molecule has 1 amide bonds. The lowest BCUT2D eigenvalue weighted by atomic mass is 10.1. The molecule has 20 heavy (non-hydrogen) atoms. The predicted molar refractivity (Wildman–Crippen MR) is 69.9 cm³/mol. The van der Waals surface area contributed by atoms with Gasteiger partial charge in [0.15, 0.2) is 11.6 Å². The van der Waals surface area contributed by atoms with Crippen LogP contribution in [0.1, 0.15) is 15.9 Å². The number of carbonyl (C=O) groups is 1. The number of benzene rings is 2. The maximum atomic E-state index is 13.5. The molecule has 0 radical (unpaired) electrons. The van der Waals surface area contributed by atoms with E-state index in [9.17, 15) is 18.0 Å². The summed E-state index contributed by atoms with van der Waals surface area (Å²) in [5, 5.41) is 2.13. The molecule has 3 nitrogen and oxygen atoms in total. The number of nitrogens with two attached hydrogens (primary N) is 1. The molecule has 0 unspecified atom stereocenters. The minimum Gasteiger partial charge on any atom is -0.399 e. The van der Waals surface area contributed by atoms with Crippen LogP contribution in [0.5, 0.6) is 0 Å². The van der Waals surface area contributed by atoms with Gasteiger partial charge < -0.3 is 11.1 Å². The summed E-state index contributed by atoms with van der Waals surface area (Å²) in [5.41, 5.74) is 6.16. The lowest BCUT2D eigenvalue weighted by molar-refractivity contribution is 0.102. The van der Waals surface area contributed by atoms with Gasteiger partial charge in [-0.3, -0.25) is 4.79 Å². The molecule has 0 bridgehead atoms. The first kappa shape index (κ1) is 13.9. The van der Waals surface area contributed by atoms with Crippen LogP contribution in [0.2, 0.25) is 0 Å². The van der Waals surface area contributed by atoms with E-state index in [-0.39, 0.29) is 5.56 Å². The van der Waals surface area contributed by atoms with Crippen LogP contribution >= 0.6 is 0 Å². The molecule has 0 saturated heterocycles. The summed E-state index contributed by atoms with van der Waals surface area (Å²) in [6.07, 6.45) is 0. The van der Waals surface area contributed by atoms with Crippen molar-refractivity contribution >= 4 is 17.3 Å². The number of anilines is 2. The Hall–Kier alpha value is -2.50. The molecule has 0 heterocycles. The van der Waals surface area contributed by atoms with Gasteiger partial charge >= 0.3 is 0 Å². The average molecular weight is 280 g/mol. The maximum Gasteiger partial charge on any atom is 0.256 e. The van der Waals surface area contributed by atoms with E-state index in [0.29, 0.717) is 23.4 Å². The highest BCUT2D eigenvalue weighted by Crippen LogP contribution is 2.21. The summed E-state index contributed by atoms with van der Waals surface area (Å²) in [7, 11) is 0. The van der Waals surface area contributed by atoms with E-state index in [1.54, 1.807) is 19.1 Å². The Morgan fingerprint density at radius 3 is 2.55 bits per heavy atom. The van der Waals surface area contributed by atoms with Gasteiger partial charge in [0.05, 0.1) is 5.69 Å². The van der Waals surface area contributed by atoms with Crippen molar-refractivity contribution in [3.05, 3.63) is 58.9 Å². The second-order valence-electron chi connectivity index (χ2n) is 4.28. The molecule has 0 aliphatic heterocycles. The predicted octanol–water partition coefficient (Wildman–Crippen LogP) is 3.25. The van der Waals surface area contributed by atoms with Crippen molar-refractivity contribution in [1.29, 1.82) is 0 Å². The first-order valence-electron chi connectivity index (χ1n) is 5.70. The third-order valence-corrected chi connectivity index (χ3v) is 2.75. The number of hydrogen-bond donors (Lipinski definition) is 2. The smallest absolute Gasteiger partial charge is 0.256 e. The van der Waals surface area contributed by atoms with Gasteiger partial charge in [-0.25, -0.2) is 13.2 Å². The highest BCUT2D eigenvalue weighted by atomic mass is 19.2. The number of amides is 1. The lowest BCUT2D eigenvalue weighted by Crippen LogP contribution is -2.15. The van der Waals surface area contributed by atoms with Gasteiger partial charge in [0.25, 0.3) is 5.91 Å². The molecule has 104 valence electrons. The van der Waals surface area contributed by atoms with E-state index in [0.717, 1.165) is 0 Å². The fourth-order valence-electron chi connectivity index (χ4n) is 1.72. The van der Waals surface area contributed by atoms with E-state index in [4.69, 9.17) is 5.73 Å². The second kappa shape index (κ2) is 5.24. The molecule has 0 atom stereocenters. The average Bonchev–Trinajstić information content (AvgIpc) is 2.38. The minimum absolute atomic E-state index is 0.203. The Morgan fingerprint density at radius 1 is 1.15 bits per heavy atom. The Balaban J connectivity index is 2.35. The van der Waals surface area contributed by atoms with Crippen molar-refractivity contribution in [1.82, 2.24) is 0 Å². The number of hydrogen-bond acceptors (Lipinski definition) is 2. The Bertz CT molecular complexity index is 686. The van der Waals surface area contributed by atoms with E-state index in [1.807, 2.05) is 0 Å². The van der Waals surface area contributed by atoms with Crippen molar-refractivity contribution in [2.24, 2.45) is 0 Å². The fraction of sp³-hybridized carbons (Fsp3) is 0.0714. The first-order valence-corrected chi connectivity index (χ1v) is 5.70.